The van der Waals surface area contributed by atoms with Crippen LogP contribution in [0, 0.1) is 0 Å². The zero-order valence-electron chi connectivity index (χ0n) is 42.3. The van der Waals surface area contributed by atoms with E-state index in [4.69, 9.17) is 28.2 Å². The van der Waals surface area contributed by atoms with E-state index in [0.717, 1.165) is 25.8 Å². The molecule has 0 fully saturated rings. The molecule has 0 saturated heterocycles. The van der Waals surface area contributed by atoms with Crippen molar-refractivity contribution in [2.45, 2.75) is 64.5 Å². The van der Waals surface area contributed by atoms with Crippen molar-refractivity contribution in [1.29, 1.82) is 0 Å². The normalized spacial score (nSPS) is 11.4. The molecule has 0 aliphatic heterocycles. The molecular weight excluding hydrogens is 1170 g/mol. The number of pyridine rings is 2. The minimum atomic E-state index is -4.83. The van der Waals surface area contributed by atoms with Gasteiger partial charge in [0.05, 0.1) is 24.0 Å². The van der Waals surface area contributed by atoms with Gasteiger partial charge >= 0.3 is 31.8 Å². The quantitative estimate of drug-likeness (QED) is 0.0337. The number of aromatic nitrogens is 6. The molecule has 8 rings (SSSR count). The summed E-state index contributed by atoms with van der Waals surface area (Å²) in [5.74, 6) is -0.673. The van der Waals surface area contributed by atoms with Crippen LogP contribution in [0.2, 0.25) is 10.0 Å². The van der Waals surface area contributed by atoms with E-state index in [-0.39, 0.29) is 74.7 Å². The summed E-state index contributed by atoms with van der Waals surface area (Å²) in [7, 11) is 3.56. The first-order chi connectivity index (χ1) is 38.0. The minimum absolute atomic E-state index is 0.0223. The SMILES string of the molecule is Cn1c(=O)n(CCCO)c(=O)c2c(Cc3ccc(Cl)cc3)c(Cc3cccc(OC(F)(F)F)c3)cnc21.Cn1c(=O)n(CCCOC=O)c(=O)c2c(Cc3ccc(Cl)cc3)c(Br)cnc21.O[B]OCc1cccc(OC(F)(F)F)c1. The maximum atomic E-state index is 13.5. The lowest BCUT2D eigenvalue weighted by Gasteiger charge is -2.17. The Hall–Kier alpha value is -7.29. The summed E-state index contributed by atoms with van der Waals surface area (Å²) in [4.78, 5) is 71.1. The lowest BCUT2D eigenvalue weighted by atomic mass is 9.94. The summed E-state index contributed by atoms with van der Waals surface area (Å²) in [5, 5.41) is 19.2. The summed E-state index contributed by atoms with van der Waals surface area (Å²) in [5.41, 5.74) is 3.26. The smallest absolute Gasteiger partial charge is 0.468 e. The van der Waals surface area contributed by atoms with Crippen molar-refractivity contribution in [3.8, 4) is 11.5 Å². The predicted molar refractivity (Wildman–Crippen MR) is 289 cm³/mol. The Morgan fingerprint density at radius 3 is 1.62 bits per heavy atom. The molecule has 17 nitrogen and oxygen atoms in total. The summed E-state index contributed by atoms with van der Waals surface area (Å²) >= 11 is 15.5. The number of fused-ring (bicyclic) bond motifs is 2. The molecule has 0 aliphatic rings. The number of alkyl halides is 6. The van der Waals surface area contributed by atoms with Gasteiger partial charge in [-0.05, 0) is 136 Å². The first-order valence-electron chi connectivity index (χ1n) is 23.8. The maximum Gasteiger partial charge on any atom is 0.573 e. The van der Waals surface area contributed by atoms with Gasteiger partial charge < -0.3 is 29.0 Å². The monoisotopic (exact) mass is 1220 g/mol. The molecule has 0 spiro atoms. The molecule has 4 aromatic heterocycles. The number of carbonyl (C=O) groups is 1. The Balaban J connectivity index is 0.000000211. The van der Waals surface area contributed by atoms with Gasteiger partial charge in [0.15, 0.2) is 0 Å². The van der Waals surface area contributed by atoms with Gasteiger partial charge in [0.1, 0.15) is 22.8 Å². The third kappa shape index (κ3) is 16.9. The van der Waals surface area contributed by atoms with Crippen LogP contribution in [0.15, 0.2) is 133 Å². The number of carbonyl (C=O) groups excluding carboxylic acids is 1. The fraction of sp³-hybridized carbons (Fsp3) is 0.264. The molecule has 0 atom stereocenters. The van der Waals surface area contributed by atoms with Gasteiger partial charge in [0, 0.05) is 60.7 Å². The van der Waals surface area contributed by atoms with E-state index >= 15 is 0 Å². The third-order valence-corrected chi connectivity index (χ3v) is 13.0. The zero-order chi connectivity index (χ0) is 58.3. The van der Waals surface area contributed by atoms with E-state index in [1.165, 1.54) is 58.8 Å². The standard InChI is InChI=1S/C26H23ClF3N3O4.C19H17BrClN3O4.C8H7BF3O3/c1-32-23-22(24(35)33(25(32)36)10-3-11-34)21(14-16-6-8-19(27)9-7-16)18(15-31-23)12-17-4-2-5-20(13-17)37-26(28,29)30;1-23-17-16(18(26)24(19(23)27)7-2-8-28-11-25)14(15(20)10-22-17)9-12-3-5-13(21)6-4-12;10-8(11,12)15-7-3-1-2-6(4-7)5-14-9-13/h2,4-9,13,15,34H,3,10-12,14H2,1H3;3-6,10-11H,2,7-9H2,1H3;1-4,13H,5H2. The zero-order valence-corrected chi connectivity index (χ0v) is 45.4. The predicted octanol–water partition coefficient (Wildman–Crippen LogP) is 8.50. The van der Waals surface area contributed by atoms with E-state index < -0.39 is 35.2 Å². The van der Waals surface area contributed by atoms with Gasteiger partial charge in [0.2, 0.25) is 0 Å². The van der Waals surface area contributed by atoms with Crippen LogP contribution in [-0.2, 0) is 67.2 Å². The Labute approximate surface area is 469 Å². The number of benzene rings is 4. The molecule has 2 N–H and O–H groups in total. The topological polar surface area (TPSA) is 208 Å². The molecule has 27 heteroatoms. The highest BCUT2D eigenvalue weighted by Gasteiger charge is 2.32. The highest BCUT2D eigenvalue weighted by molar-refractivity contribution is 9.10. The van der Waals surface area contributed by atoms with Crippen LogP contribution in [0.25, 0.3) is 22.1 Å². The van der Waals surface area contributed by atoms with Gasteiger partial charge in [-0.1, -0.05) is 71.7 Å². The van der Waals surface area contributed by atoms with Crippen LogP contribution in [0.5, 0.6) is 11.5 Å². The molecule has 8 aromatic rings. The van der Waals surface area contributed by atoms with Gasteiger partial charge in [-0.15, -0.1) is 26.3 Å². The summed E-state index contributed by atoms with van der Waals surface area (Å²) in [6.45, 7) is 0.422. The van der Waals surface area contributed by atoms with Crippen molar-refractivity contribution >= 4 is 75.4 Å². The van der Waals surface area contributed by atoms with Crippen molar-refractivity contribution in [3.05, 3.63) is 205 Å². The van der Waals surface area contributed by atoms with Crippen LogP contribution < -0.4 is 32.0 Å². The van der Waals surface area contributed by atoms with E-state index in [9.17, 15) is 55.4 Å². The molecule has 4 aromatic carbocycles. The number of aliphatic hydroxyl groups excluding tert-OH is 1. The molecule has 0 amide bonds. The molecule has 1 radical (unpaired) electrons. The number of rotatable bonds is 19. The Morgan fingerprint density at radius 2 is 1.12 bits per heavy atom. The number of hydrogen-bond donors (Lipinski definition) is 2. The van der Waals surface area contributed by atoms with E-state index in [0.29, 0.717) is 74.8 Å². The van der Waals surface area contributed by atoms with E-state index in [1.807, 2.05) is 24.3 Å². The molecule has 421 valence electrons. The van der Waals surface area contributed by atoms with Crippen LogP contribution in [0.4, 0.5) is 26.3 Å². The van der Waals surface area contributed by atoms with E-state index in [1.54, 1.807) is 49.6 Å². The summed E-state index contributed by atoms with van der Waals surface area (Å²) in [6, 6.07) is 25.3. The second kappa shape index (κ2) is 28.2. The molecule has 80 heavy (non-hydrogen) atoms. The van der Waals surface area contributed by atoms with Gasteiger partial charge in [-0.2, -0.15) is 0 Å². The molecule has 4 heterocycles. The highest BCUT2D eigenvalue weighted by atomic mass is 79.9. The van der Waals surface area contributed by atoms with Gasteiger partial charge in [-0.3, -0.25) is 32.7 Å². The number of ether oxygens (including phenoxy) is 3. The van der Waals surface area contributed by atoms with Crippen molar-refractivity contribution in [2.24, 2.45) is 14.1 Å². The average Bonchev–Trinajstić information content (AvgIpc) is 3.40. The number of nitrogens with zero attached hydrogens (tertiary/aromatic N) is 6. The fourth-order valence-corrected chi connectivity index (χ4v) is 8.89. The number of hydrogen-bond acceptors (Lipinski definition) is 13. The van der Waals surface area contributed by atoms with E-state index in [2.05, 4.69) is 44.8 Å². The average molecular weight is 1220 g/mol. The number of aliphatic hydroxyl groups is 1. The van der Waals surface area contributed by atoms with Crippen molar-refractivity contribution < 1.29 is 60.1 Å². The Bertz CT molecular complexity index is 3700. The molecule has 0 saturated carbocycles. The molecular formula is C53H47BBrCl2F6N6O11. The van der Waals surface area contributed by atoms with Crippen LogP contribution in [-0.4, -0.2) is 78.5 Å². The van der Waals surface area contributed by atoms with Crippen molar-refractivity contribution in [2.75, 3.05) is 13.2 Å². The highest BCUT2D eigenvalue weighted by Crippen LogP contribution is 2.29. The molecule has 0 aliphatic carbocycles. The Morgan fingerprint density at radius 1 is 0.650 bits per heavy atom. The number of aryl methyl sites for hydroxylation is 2. The third-order valence-electron chi connectivity index (χ3n) is 11.8. The fourth-order valence-electron chi connectivity index (χ4n) is 8.19. The first-order valence-corrected chi connectivity index (χ1v) is 25.4. The van der Waals surface area contributed by atoms with Gasteiger partial charge in [-0.25, -0.2) is 19.6 Å². The maximum absolute atomic E-state index is 13.5. The lowest BCUT2D eigenvalue weighted by Crippen LogP contribution is -2.40. The second-order valence-corrected chi connectivity index (χ2v) is 19.1. The largest absolute Gasteiger partial charge is 0.573 e. The lowest BCUT2D eigenvalue weighted by molar-refractivity contribution is -0.275. The van der Waals surface area contributed by atoms with Crippen LogP contribution in [0.3, 0.4) is 0 Å². The molecule has 0 unspecified atom stereocenters. The summed E-state index contributed by atoms with van der Waals surface area (Å²) in [6.07, 6.45) is -4.91. The number of halogens is 9. The van der Waals surface area contributed by atoms with Crippen molar-refractivity contribution in [3.63, 3.8) is 0 Å². The Kier molecular flexibility index (Phi) is 21.8. The van der Waals surface area contributed by atoms with Crippen LogP contribution in [0.1, 0.15) is 51.8 Å². The molecule has 0 bridgehead atoms. The van der Waals surface area contributed by atoms with Gasteiger partial charge in [0.25, 0.3) is 17.6 Å². The first kappa shape index (κ1) is 61.9. The van der Waals surface area contributed by atoms with Crippen LogP contribution >= 0.6 is 39.1 Å². The summed E-state index contributed by atoms with van der Waals surface area (Å²) < 4.78 is 96.1. The second-order valence-electron chi connectivity index (χ2n) is 17.3. The minimum Gasteiger partial charge on any atom is -0.468 e. The van der Waals surface area contributed by atoms with Crippen molar-refractivity contribution in [1.82, 2.24) is 28.2 Å².